The van der Waals surface area contributed by atoms with Crippen molar-refractivity contribution in [2.75, 3.05) is 13.2 Å². The normalized spacial score (nSPS) is 22.7. The predicted octanol–water partition coefficient (Wildman–Crippen LogP) is 1.03. The van der Waals surface area contributed by atoms with Crippen LogP contribution in [0.2, 0.25) is 0 Å². The molecule has 1 aliphatic carbocycles. The molecule has 0 aliphatic heterocycles. The lowest BCUT2D eigenvalue weighted by Crippen LogP contribution is -2.35. The average molecular weight is 309 g/mol. The van der Waals surface area contributed by atoms with Crippen LogP contribution in [0.3, 0.4) is 0 Å². The summed E-state index contributed by atoms with van der Waals surface area (Å²) in [7, 11) is -3.75. The fraction of sp³-hybridized carbons (Fsp3) is 0.571. The highest BCUT2D eigenvalue weighted by atomic mass is 32.2. The number of sulfonamides is 1. The van der Waals surface area contributed by atoms with Gasteiger partial charge in [0.15, 0.2) is 5.69 Å². The van der Waals surface area contributed by atoms with Gasteiger partial charge < -0.3 is 5.11 Å². The predicted molar refractivity (Wildman–Crippen MR) is 76.7 cm³/mol. The molecule has 1 fully saturated rings. The van der Waals surface area contributed by atoms with Crippen LogP contribution in [-0.2, 0) is 10.0 Å². The van der Waals surface area contributed by atoms with E-state index in [1.54, 1.807) is 6.07 Å². The minimum absolute atomic E-state index is 0.0860. The van der Waals surface area contributed by atoms with E-state index >= 15 is 0 Å². The number of pyridine rings is 1. The number of aliphatic hydroxyl groups is 1. The number of nitrogens with zero attached hydrogens (tertiary/aromatic N) is 2. The van der Waals surface area contributed by atoms with Gasteiger partial charge in [-0.1, -0.05) is 12.8 Å². The van der Waals surface area contributed by atoms with E-state index in [1.165, 1.54) is 18.3 Å². The van der Waals surface area contributed by atoms with Crippen molar-refractivity contribution in [3.8, 4) is 6.07 Å². The number of hydrogen-bond donors (Lipinski definition) is 2. The van der Waals surface area contributed by atoms with Crippen molar-refractivity contribution < 1.29 is 13.5 Å². The molecular weight excluding hydrogens is 290 g/mol. The summed E-state index contributed by atoms with van der Waals surface area (Å²) in [5, 5.41) is 18.3. The van der Waals surface area contributed by atoms with Gasteiger partial charge in [-0.25, -0.2) is 18.1 Å². The number of aromatic nitrogens is 1. The van der Waals surface area contributed by atoms with Gasteiger partial charge in [-0.2, -0.15) is 5.26 Å². The SMILES string of the molecule is N#Cc1ncccc1S(=O)(=O)NCC1CCCCC1CO. The lowest BCUT2D eigenvalue weighted by Gasteiger charge is -2.30. The highest BCUT2D eigenvalue weighted by molar-refractivity contribution is 7.89. The van der Waals surface area contributed by atoms with Crippen LogP contribution in [0.5, 0.6) is 0 Å². The molecule has 6 nitrogen and oxygen atoms in total. The Kier molecular flexibility index (Phi) is 5.28. The number of aliphatic hydroxyl groups excluding tert-OH is 1. The largest absolute Gasteiger partial charge is 0.396 e. The first-order valence-electron chi connectivity index (χ1n) is 7.04. The molecule has 7 heteroatoms. The van der Waals surface area contributed by atoms with E-state index in [9.17, 15) is 13.5 Å². The molecule has 0 saturated heterocycles. The molecule has 2 N–H and O–H groups in total. The maximum absolute atomic E-state index is 12.3. The minimum Gasteiger partial charge on any atom is -0.396 e. The zero-order valence-corrected chi connectivity index (χ0v) is 12.5. The van der Waals surface area contributed by atoms with Crippen molar-refractivity contribution in [3.05, 3.63) is 24.0 Å². The van der Waals surface area contributed by atoms with Crippen molar-refractivity contribution in [1.29, 1.82) is 5.26 Å². The third kappa shape index (κ3) is 3.79. The van der Waals surface area contributed by atoms with E-state index in [4.69, 9.17) is 5.26 Å². The number of rotatable bonds is 5. The Morgan fingerprint density at radius 3 is 2.76 bits per heavy atom. The monoisotopic (exact) mass is 309 g/mol. The summed E-state index contributed by atoms with van der Waals surface area (Å²) in [5.74, 6) is 0.284. The second kappa shape index (κ2) is 6.98. The second-order valence-corrected chi connectivity index (χ2v) is 7.04. The molecule has 2 unspecified atom stereocenters. The molecule has 1 aromatic rings. The summed E-state index contributed by atoms with van der Waals surface area (Å²) in [4.78, 5) is 3.68. The molecule has 0 bridgehead atoms. The van der Waals surface area contributed by atoms with Gasteiger partial charge in [0.25, 0.3) is 0 Å². The summed E-state index contributed by atoms with van der Waals surface area (Å²) in [6, 6.07) is 4.66. The summed E-state index contributed by atoms with van der Waals surface area (Å²) < 4.78 is 27.1. The van der Waals surface area contributed by atoms with Crippen LogP contribution in [0.1, 0.15) is 31.4 Å². The van der Waals surface area contributed by atoms with E-state index in [1.807, 2.05) is 0 Å². The second-order valence-electron chi connectivity index (χ2n) is 5.30. The smallest absolute Gasteiger partial charge is 0.243 e. The van der Waals surface area contributed by atoms with E-state index in [0.717, 1.165) is 25.7 Å². The van der Waals surface area contributed by atoms with Gasteiger partial charge in [-0.3, -0.25) is 0 Å². The van der Waals surface area contributed by atoms with E-state index < -0.39 is 10.0 Å². The zero-order chi connectivity index (χ0) is 15.3. The summed E-state index contributed by atoms with van der Waals surface area (Å²) in [5.41, 5.74) is -0.104. The fourth-order valence-electron chi connectivity index (χ4n) is 2.78. The van der Waals surface area contributed by atoms with Crippen molar-refractivity contribution in [2.24, 2.45) is 11.8 Å². The van der Waals surface area contributed by atoms with Crippen LogP contribution < -0.4 is 4.72 Å². The Hall–Kier alpha value is -1.49. The molecule has 21 heavy (non-hydrogen) atoms. The minimum atomic E-state index is -3.75. The molecule has 114 valence electrons. The van der Waals surface area contributed by atoms with Crippen molar-refractivity contribution >= 4 is 10.0 Å². The quantitative estimate of drug-likeness (QED) is 0.845. The lowest BCUT2D eigenvalue weighted by atomic mass is 9.80. The van der Waals surface area contributed by atoms with Gasteiger partial charge in [0.1, 0.15) is 11.0 Å². The van der Waals surface area contributed by atoms with Crippen LogP contribution >= 0.6 is 0 Å². The molecule has 0 spiro atoms. The van der Waals surface area contributed by atoms with Crippen molar-refractivity contribution in [3.63, 3.8) is 0 Å². The summed E-state index contributed by atoms with van der Waals surface area (Å²) >= 11 is 0. The first kappa shape index (κ1) is 15.9. The van der Waals surface area contributed by atoms with Gasteiger partial charge in [-0.15, -0.1) is 0 Å². The van der Waals surface area contributed by atoms with Gasteiger partial charge >= 0.3 is 0 Å². The Morgan fingerprint density at radius 2 is 2.10 bits per heavy atom. The first-order chi connectivity index (χ1) is 10.1. The van der Waals surface area contributed by atoms with E-state index in [0.29, 0.717) is 0 Å². The van der Waals surface area contributed by atoms with E-state index in [2.05, 4.69) is 9.71 Å². The topological polar surface area (TPSA) is 103 Å². The number of nitriles is 1. The Labute approximate surface area is 124 Å². The highest BCUT2D eigenvalue weighted by Crippen LogP contribution is 2.29. The van der Waals surface area contributed by atoms with Crippen LogP contribution in [-0.4, -0.2) is 31.7 Å². The summed E-state index contributed by atoms with van der Waals surface area (Å²) in [6.07, 6.45) is 5.36. The molecule has 0 amide bonds. The third-order valence-electron chi connectivity index (χ3n) is 4.00. The van der Waals surface area contributed by atoms with Crippen LogP contribution in [0, 0.1) is 23.2 Å². The lowest BCUT2D eigenvalue weighted by molar-refractivity contribution is 0.136. The van der Waals surface area contributed by atoms with Gasteiger partial charge in [0.2, 0.25) is 10.0 Å². The van der Waals surface area contributed by atoms with Crippen LogP contribution in [0.25, 0.3) is 0 Å². The van der Waals surface area contributed by atoms with Gasteiger partial charge in [0, 0.05) is 19.3 Å². The highest BCUT2D eigenvalue weighted by Gasteiger charge is 2.27. The third-order valence-corrected chi connectivity index (χ3v) is 5.46. The maximum atomic E-state index is 12.3. The Balaban J connectivity index is 2.09. The fourth-order valence-corrected chi connectivity index (χ4v) is 3.98. The summed E-state index contributed by atoms with van der Waals surface area (Å²) in [6.45, 7) is 0.371. The first-order valence-corrected chi connectivity index (χ1v) is 8.52. The van der Waals surface area contributed by atoms with E-state index in [-0.39, 0.29) is 35.6 Å². The molecule has 1 saturated carbocycles. The molecule has 1 heterocycles. The molecule has 2 atom stereocenters. The molecule has 2 rings (SSSR count). The van der Waals surface area contributed by atoms with Crippen LogP contribution in [0.15, 0.2) is 23.2 Å². The molecule has 0 radical (unpaired) electrons. The van der Waals surface area contributed by atoms with Gasteiger partial charge in [-0.05, 0) is 36.8 Å². The maximum Gasteiger partial charge on any atom is 0.243 e. The van der Waals surface area contributed by atoms with Crippen LogP contribution in [0.4, 0.5) is 0 Å². The Morgan fingerprint density at radius 1 is 1.38 bits per heavy atom. The molecule has 0 aromatic carbocycles. The molecule has 1 aromatic heterocycles. The number of nitrogens with one attached hydrogen (secondary N) is 1. The van der Waals surface area contributed by atoms with Crippen molar-refractivity contribution in [2.45, 2.75) is 30.6 Å². The van der Waals surface area contributed by atoms with Crippen molar-refractivity contribution in [1.82, 2.24) is 9.71 Å². The standard InChI is InChI=1S/C14H19N3O3S/c15-8-13-14(6-3-7-16-13)21(19,20)17-9-11-4-1-2-5-12(11)10-18/h3,6-7,11-12,17-18H,1-2,4-5,9-10H2. The zero-order valence-electron chi connectivity index (χ0n) is 11.7. The Bertz CT molecular complexity index is 625. The number of hydrogen-bond acceptors (Lipinski definition) is 5. The van der Waals surface area contributed by atoms with Gasteiger partial charge in [0.05, 0.1) is 0 Å². The average Bonchev–Trinajstić information content (AvgIpc) is 2.53. The molecule has 1 aliphatic rings. The molecular formula is C14H19N3O3S.